The molecule has 4 rings (SSSR count). The molecule has 0 fully saturated rings. The SMILES string of the molecule is C=C(N)C(CN(CC)c1ccccc1)NC(=O)c1ccc(NC)c(/C=C/C2=C3NC(C)=NC3NC(N)=C2)c1. The number of fused-ring (bicyclic) bond motifs is 1. The fraction of sp³-hybridized carbons (Fsp3) is 0.241. The normalized spacial score (nSPS) is 17.1. The smallest absolute Gasteiger partial charge is 0.251 e. The predicted molar refractivity (Wildman–Crippen MR) is 156 cm³/mol. The first-order chi connectivity index (χ1) is 18.3. The molecule has 2 aromatic carbocycles. The Kier molecular flexibility index (Phi) is 8.06. The Morgan fingerprint density at radius 2 is 2.00 bits per heavy atom. The second-order valence-electron chi connectivity index (χ2n) is 9.22. The molecule has 2 aliphatic rings. The number of carbonyl (C=O) groups excluding carboxylic acids is 1. The van der Waals surface area contributed by atoms with E-state index in [0.717, 1.165) is 40.6 Å². The average molecular weight is 513 g/mol. The molecule has 0 saturated heterocycles. The molecule has 198 valence electrons. The first kappa shape index (κ1) is 26.4. The number of para-hydroxylation sites is 1. The first-order valence-corrected chi connectivity index (χ1v) is 12.6. The minimum atomic E-state index is -0.422. The molecule has 2 atom stereocenters. The monoisotopic (exact) mass is 512 g/mol. The third kappa shape index (κ3) is 6.00. The van der Waals surface area contributed by atoms with Gasteiger partial charge in [-0.3, -0.25) is 4.79 Å². The van der Waals surface area contributed by atoms with Crippen LogP contribution in [0.4, 0.5) is 11.4 Å². The summed E-state index contributed by atoms with van der Waals surface area (Å²) < 4.78 is 0. The highest BCUT2D eigenvalue weighted by Gasteiger charge is 2.26. The number of benzene rings is 2. The Bertz CT molecular complexity index is 1330. The number of nitrogens with zero attached hydrogens (tertiary/aromatic N) is 2. The molecular weight excluding hydrogens is 476 g/mol. The minimum Gasteiger partial charge on any atom is -0.401 e. The van der Waals surface area contributed by atoms with Crippen LogP contribution in [-0.2, 0) is 0 Å². The summed E-state index contributed by atoms with van der Waals surface area (Å²) in [5.74, 6) is 1.15. The van der Waals surface area contributed by atoms with Crippen molar-refractivity contribution >= 4 is 29.2 Å². The van der Waals surface area contributed by atoms with Gasteiger partial charge < -0.3 is 37.6 Å². The number of aliphatic imine (C=N–C) groups is 1. The molecule has 2 unspecified atom stereocenters. The zero-order valence-corrected chi connectivity index (χ0v) is 22.1. The highest BCUT2D eigenvalue weighted by atomic mass is 16.1. The van der Waals surface area contributed by atoms with Crippen molar-refractivity contribution in [2.45, 2.75) is 26.1 Å². The number of hydrogen-bond acceptors (Lipinski definition) is 8. The highest BCUT2D eigenvalue weighted by molar-refractivity contribution is 5.96. The van der Waals surface area contributed by atoms with Gasteiger partial charge in [0.15, 0.2) is 6.17 Å². The van der Waals surface area contributed by atoms with Crippen molar-refractivity contribution in [1.82, 2.24) is 16.0 Å². The quantitative estimate of drug-likeness (QED) is 0.288. The molecule has 0 radical (unpaired) electrons. The molecule has 0 saturated carbocycles. The standard InChI is InChI=1S/C29H36N8O/c1-5-37(23-9-7-6-8-10-23)17-25(18(2)30)35-29(38)22-13-14-24(32-4)20(15-22)11-12-21-16-26(31)36-28-27(21)33-19(3)34-28/h6-16,25,28,32,36H,2,5,17,30-31H2,1,3-4H3,(H,33,34)(H,35,38)/b12-11+. The number of likely N-dealkylation sites (N-methyl/N-ethyl adjacent to an activating group) is 1. The van der Waals surface area contributed by atoms with Crippen LogP contribution in [0.3, 0.4) is 0 Å². The number of nitrogens with two attached hydrogens (primary N) is 2. The molecular formula is C29H36N8O. The fourth-order valence-electron chi connectivity index (χ4n) is 4.49. The van der Waals surface area contributed by atoms with Gasteiger partial charge in [0.25, 0.3) is 5.91 Å². The van der Waals surface area contributed by atoms with Gasteiger partial charge in [0.2, 0.25) is 0 Å². The highest BCUT2D eigenvalue weighted by Crippen LogP contribution is 2.24. The van der Waals surface area contributed by atoms with Crippen molar-refractivity contribution in [1.29, 1.82) is 0 Å². The maximum atomic E-state index is 13.3. The molecule has 0 aliphatic carbocycles. The summed E-state index contributed by atoms with van der Waals surface area (Å²) in [6, 6.07) is 15.1. The topological polar surface area (TPSA) is 133 Å². The van der Waals surface area contributed by atoms with E-state index in [0.29, 0.717) is 23.6 Å². The van der Waals surface area contributed by atoms with Crippen molar-refractivity contribution in [3.05, 3.63) is 101 Å². The minimum absolute atomic E-state index is 0.222. The Morgan fingerprint density at radius 3 is 2.68 bits per heavy atom. The number of nitrogens with one attached hydrogen (secondary N) is 4. The van der Waals surface area contributed by atoms with E-state index in [1.54, 1.807) is 6.07 Å². The number of dihydropyridines is 1. The summed E-state index contributed by atoms with van der Waals surface area (Å²) in [4.78, 5) is 20.0. The molecule has 0 bridgehead atoms. The Morgan fingerprint density at radius 1 is 1.24 bits per heavy atom. The number of amidine groups is 1. The molecule has 0 aromatic heterocycles. The summed E-state index contributed by atoms with van der Waals surface area (Å²) in [5, 5.41) is 12.7. The lowest BCUT2D eigenvalue weighted by Crippen LogP contribution is -2.46. The lowest BCUT2D eigenvalue weighted by atomic mass is 10.0. The molecule has 8 N–H and O–H groups in total. The third-order valence-corrected chi connectivity index (χ3v) is 6.52. The number of carbonyl (C=O) groups is 1. The summed E-state index contributed by atoms with van der Waals surface area (Å²) in [6.45, 7) is 9.18. The average Bonchev–Trinajstić information content (AvgIpc) is 3.29. The van der Waals surface area contributed by atoms with E-state index < -0.39 is 6.04 Å². The van der Waals surface area contributed by atoms with Crippen molar-refractivity contribution in [2.24, 2.45) is 16.5 Å². The van der Waals surface area contributed by atoms with Gasteiger partial charge in [-0.25, -0.2) is 4.99 Å². The zero-order chi connectivity index (χ0) is 27.2. The molecule has 9 nitrogen and oxygen atoms in total. The van der Waals surface area contributed by atoms with E-state index in [9.17, 15) is 4.79 Å². The van der Waals surface area contributed by atoms with Gasteiger partial charge in [0, 0.05) is 48.3 Å². The van der Waals surface area contributed by atoms with Gasteiger partial charge in [-0.2, -0.15) is 0 Å². The van der Waals surface area contributed by atoms with Crippen LogP contribution < -0.4 is 37.6 Å². The molecule has 0 spiro atoms. The Balaban J connectivity index is 1.54. The van der Waals surface area contributed by atoms with Crippen LogP contribution in [-0.4, -0.2) is 44.1 Å². The molecule has 2 aromatic rings. The van der Waals surface area contributed by atoms with Gasteiger partial charge in [0.1, 0.15) is 5.84 Å². The number of rotatable bonds is 10. The Labute approximate surface area is 224 Å². The van der Waals surface area contributed by atoms with E-state index in [2.05, 4.69) is 44.7 Å². The van der Waals surface area contributed by atoms with Gasteiger partial charge in [0.05, 0.1) is 17.6 Å². The van der Waals surface area contributed by atoms with E-state index in [-0.39, 0.29) is 12.1 Å². The molecule has 2 aliphatic heterocycles. The van der Waals surface area contributed by atoms with Crippen LogP contribution >= 0.6 is 0 Å². The molecule has 38 heavy (non-hydrogen) atoms. The number of anilines is 2. The summed E-state index contributed by atoms with van der Waals surface area (Å²) >= 11 is 0. The molecule has 9 heteroatoms. The summed E-state index contributed by atoms with van der Waals surface area (Å²) in [5.41, 5.74) is 17.8. The van der Waals surface area contributed by atoms with Crippen LogP contribution in [0.15, 0.2) is 95.0 Å². The van der Waals surface area contributed by atoms with Gasteiger partial charge in [-0.15, -0.1) is 0 Å². The van der Waals surface area contributed by atoms with Crippen LogP contribution in [0, 0.1) is 0 Å². The van der Waals surface area contributed by atoms with E-state index in [1.165, 1.54) is 0 Å². The van der Waals surface area contributed by atoms with Crippen LogP contribution in [0.2, 0.25) is 0 Å². The van der Waals surface area contributed by atoms with E-state index >= 15 is 0 Å². The first-order valence-electron chi connectivity index (χ1n) is 12.6. The van der Waals surface area contributed by atoms with Crippen LogP contribution in [0.1, 0.15) is 29.8 Å². The lowest BCUT2D eigenvalue weighted by Gasteiger charge is -2.29. The Hall–Kier alpha value is -4.66. The number of amides is 1. The number of hydrogen-bond donors (Lipinski definition) is 6. The van der Waals surface area contributed by atoms with Crippen molar-refractivity contribution in [3.8, 4) is 0 Å². The molecule has 1 amide bonds. The van der Waals surface area contributed by atoms with E-state index in [1.807, 2.05) is 74.7 Å². The summed E-state index contributed by atoms with van der Waals surface area (Å²) in [7, 11) is 1.85. The summed E-state index contributed by atoms with van der Waals surface area (Å²) in [6.07, 6.45) is 5.57. The lowest BCUT2D eigenvalue weighted by molar-refractivity contribution is 0.0943. The van der Waals surface area contributed by atoms with Crippen molar-refractivity contribution < 1.29 is 4.79 Å². The third-order valence-electron chi connectivity index (χ3n) is 6.52. The maximum Gasteiger partial charge on any atom is 0.251 e. The molecule has 2 heterocycles. The van der Waals surface area contributed by atoms with Crippen LogP contribution in [0.25, 0.3) is 6.08 Å². The maximum absolute atomic E-state index is 13.3. The van der Waals surface area contributed by atoms with Crippen LogP contribution in [0.5, 0.6) is 0 Å². The fourth-order valence-corrected chi connectivity index (χ4v) is 4.49. The van der Waals surface area contributed by atoms with Gasteiger partial charge >= 0.3 is 0 Å². The zero-order valence-electron chi connectivity index (χ0n) is 22.1. The van der Waals surface area contributed by atoms with Crippen molar-refractivity contribution in [2.75, 3.05) is 30.4 Å². The predicted octanol–water partition coefficient (Wildman–Crippen LogP) is 2.84. The number of allylic oxidation sites excluding steroid dienone is 3. The second-order valence-corrected chi connectivity index (χ2v) is 9.22. The second kappa shape index (κ2) is 11.6. The largest absolute Gasteiger partial charge is 0.401 e. The van der Waals surface area contributed by atoms with Gasteiger partial charge in [-0.05, 0) is 55.8 Å². The van der Waals surface area contributed by atoms with Gasteiger partial charge in [-0.1, -0.05) is 36.9 Å². The van der Waals surface area contributed by atoms with Crippen molar-refractivity contribution in [3.63, 3.8) is 0 Å². The van der Waals surface area contributed by atoms with E-state index in [4.69, 9.17) is 11.5 Å².